The van der Waals surface area contributed by atoms with E-state index in [2.05, 4.69) is 21.8 Å². The van der Waals surface area contributed by atoms with Crippen LogP contribution >= 0.6 is 12.2 Å². The van der Waals surface area contributed by atoms with Crippen molar-refractivity contribution < 1.29 is 4.79 Å². The van der Waals surface area contributed by atoms with Gasteiger partial charge in [0.1, 0.15) is 0 Å². The molecular formula is C12H19N3OS. The van der Waals surface area contributed by atoms with Gasteiger partial charge in [0, 0.05) is 30.9 Å². The zero-order valence-corrected chi connectivity index (χ0v) is 11.0. The Morgan fingerprint density at radius 3 is 3.06 bits per heavy atom. The second-order valence-corrected chi connectivity index (χ2v) is 4.92. The molecule has 0 atom stereocenters. The highest BCUT2D eigenvalue weighted by Crippen LogP contribution is 2.18. The van der Waals surface area contributed by atoms with Crippen molar-refractivity contribution in [3.63, 3.8) is 0 Å². The molecule has 1 saturated carbocycles. The number of aromatic amines is 1. The normalized spacial score (nSPS) is 14.9. The molecule has 0 spiro atoms. The minimum absolute atomic E-state index is 0.174. The van der Waals surface area contributed by atoms with Gasteiger partial charge in [-0.25, -0.2) is 0 Å². The maximum Gasteiger partial charge on any atom is 0.220 e. The molecule has 0 aliphatic heterocycles. The van der Waals surface area contributed by atoms with E-state index >= 15 is 0 Å². The van der Waals surface area contributed by atoms with Gasteiger partial charge in [-0.15, -0.1) is 0 Å². The Balaban J connectivity index is 1.78. The molecule has 4 nitrogen and oxygen atoms in total. The predicted octanol–water partition coefficient (Wildman–Crippen LogP) is 2.17. The smallest absolute Gasteiger partial charge is 0.220 e. The number of rotatable bonds is 6. The summed E-state index contributed by atoms with van der Waals surface area (Å²) in [6, 6.07) is 0.461. The second kappa shape index (κ2) is 5.49. The van der Waals surface area contributed by atoms with Crippen LogP contribution in [0.3, 0.4) is 0 Å². The summed E-state index contributed by atoms with van der Waals surface area (Å²) in [5.41, 5.74) is 1.21. The van der Waals surface area contributed by atoms with Crippen LogP contribution in [0.1, 0.15) is 38.3 Å². The highest BCUT2D eigenvalue weighted by Gasteiger charge is 2.22. The second-order valence-electron chi connectivity index (χ2n) is 4.54. The van der Waals surface area contributed by atoms with E-state index in [4.69, 9.17) is 12.2 Å². The number of imidazole rings is 1. The molecule has 1 aromatic heterocycles. The van der Waals surface area contributed by atoms with Crippen LogP contribution in [0.5, 0.6) is 0 Å². The number of carbonyl (C=O) groups is 1. The van der Waals surface area contributed by atoms with Crippen molar-refractivity contribution in [2.24, 2.45) is 0 Å². The summed E-state index contributed by atoms with van der Waals surface area (Å²) in [6.45, 7) is 2.93. The maximum absolute atomic E-state index is 11.5. The van der Waals surface area contributed by atoms with E-state index in [1.54, 1.807) is 0 Å². The van der Waals surface area contributed by atoms with Crippen molar-refractivity contribution in [2.75, 3.05) is 0 Å². The number of hydrogen-bond donors (Lipinski definition) is 2. The lowest BCUT2D eigenvalue weighted by molar-refractivity contribution is -0.121. The summed E-state index contributed by atoms with van der Waals surface area (Å²) >= 11 is 5.20. The molecule has 2 N–H and O–H groups in total. The first-order valence-electron chi connectivity index (χ1n) is 6.27. The Bertz CT molecular complexity index is 445. The average Bonchev–Trinajstić information content (AvgIpc) is 3.04. The molecular weight excluding hydrogens is 234 g/mol. The molecule has 0 radical (unpaired) electrons. The van der Waals surface area contributed by atoms with Crippen LogP contribution in [-0.2, 0) is 17.8 Å². The number of carbonyl (C=O) groups excluding carboxylic acids is 1. The van der Waals surface area contributed by atoms with Gasteiger partial charge in [-0.2, -0.15) is 0 Å². The maximum atomic E-state index is 11.5. The summed E-state index contributed by atoms with van der Waals surface area (Å²) in [7, 11) is 0. The first-order chi connectivity index (χ1) is 8.20. The standard InChI is InChI=1S/C12H19N3OS/c1-2-10-8-13-12(17)15(10)7-3-4-11(16)14-9-5-6-9/h8-9H,2-7H2,1H3,(H,13,17)(H,14,16). The van der Waals surface area contributed by atoms with Crippen molar-refractivity contribution in [2.45, 2.75) is 51.6 Å². The molecule has 2 rings (SSSR count). The van der Waals surface area contributed by atoms with Crippen molar-refractivity contribution in [1.29, 1.82) is 0 Å². The summed E-state index contributed by atoms with van der Waals surface area (Å²) in [4.78, 5) is 14.6. The van der Waals surface area contributed by atoms with Gasteiger partial charge in [0.05, 0.1) is 0 Å². The minimum Gasteiger partial charge on any atom is -0.353 e. The molecule has 0 bridgehead atoms. The third kappa shape index (κ3) is 3.43. The number of aryl methyl sites for hydroxylation is 1. The molecule has 17 heavy (non-hydrogen) atoms. The van der Waals surface area contributed by atoms with Crippen LogP contribution < -0.4 is 5.32 Å². The predicted molar refractivity (Wildman–Crippen MR) is 69.4 cm³/mol. The SMILES string of the molecule is CCc1c[nH]c(=S)n1CCCC(=O)NC1CC1. The van der Waals surface area contributed by atoms with E-state index in [9.17, 15) is 4.79 Å². The van der Waals surface area contributed by atoms with Crippen LogP contribution in [-0.4, -0.2) is 21.5 Å². The molecule has 1 aliphatic carbocycles. The van der Waals surface area contributed by atoms with Crippen molar-refractivity contribution in [3.8, 4) is 0 Å². The lowest BCUT2D eigenvalue weighted by atomic mass is 10.2. The quantitative estimate of drug-likeness (QED) is 0.763. The molecule has 1 fully saturated rings. The Hall–Kier alpha value is -1.10. The minimum atomic E-state index is 0.174. The van der Waals surface area contributed by atoms with Crippen molar-refractivity contribution in [1.82, 2.24) is 14.9 Å². The molecule has 1 heterocycles. The van der Waals surface area contributed by atoms with E-state index in [1.165, 1.54) is 5.69 Å². The van der Waals surface area contributed by atoms with E-state index in [-0.39, 0.29) is 5.91 Å². The number of aromatic nitrogens is 2. The Labute approximate surface area is 106 Å². The van der Waals surface area contributed by atoms with Crippen LogP contribution in [0.4, 0.5) is 0 Å². The zero-order chi connectivity index (χ0) is 12.3. The largest absolute Gasteiger partial charge is 0.353 e. The number of hydrogen-bond acceptors (Lipinski definition) is 2. The van der Waals surface area contributed by atoms with Gasteiger partial charge in [-0.1, -0.05) is 6.92 Å². The number of amides is 1. The van der Waals surface area contributed by atoms with Gasteiger partial charge in [0.2, 0.25) is 5.91 Å². The molecule has 0 unspecified atom stereocenters. The molecule has 1 aliphatic rings. The number of nitrogens with zero attached hydrogens (tertiary/aromatic N) is 1. The van der Waals surface area contributed by atoms with Gasteiger partial charge in [-0.05, 0) is 37.9 Å². The molecule has 1 amide bonds. The Morgan fingerprint density at radius 2 is 2.41 bits per heavy atom. The van der Waals surface area contributed by atoms with Crippen molar-refractivity contribution in [3.05, 3.63) is 16.7 Å². The van der Waals surface area contributed by atoms with Gasteiger partial charge in [0.15, 0.2) is 4.77 Å². The van der Waals surface area contributed by atoms with Gasteiger partial charge in [-0.3, -0.25) is 4.79 Å². The molecule has 1 aromatic rings. The highest BCUT2D eigenvalue weighted by atomic mass is 32.1. The highest BCUT2D eigenvalue weighted by molar-refractivity contribution is 7.71. The Morgan fingerprint density at radius 1 is 1.65 bits per heavy atom. The first kappa shape index (κ1) is 12.4. The monoisotopic (exact) mass is 253 g/mol. The summed E-state index contributed by atoms with van der Waals surface area (Å²) in [5.74, 6) is 0.174. The van der Waals surface area contributed by atoms with Gasteiger partial charge in [0.25, 0.3) is 0 Å². The zero-order valence-electron chi connectivity index (χ0n) is 10.2. The molecule has 94 valence electrons. The lowest BCUT2D eigenvalue weighted by Crippen LogP contribution is -2.25. The first-order valence-corrected chi connectivity index (χ1v) is 6.68. The third-order valence-electron chi connectivity index (χ3n) is 3.04. The van der Waals surface area contributed by atoms with Crippen LogP contribution in [0.15, 0.2) is 6.20 Å². The van der Waals surface area contributed by atoms with Crippen LogP contribution in [0.2, 0.25) is 0 Å². The van der Waals surface area contributed by atoms with Gasteiger partial charge >= 0.3 is 0 Å². The van der Waals surface area contributed by atoms with E-state index in [0.29, 0.717) is 12.5 Å². The van der Waals surface area contributed by atoms with Crippen molar-refractivity contribution >= 4 is 18.1 Å². The van der Waals surface area contributed by atoms with Crippen LogP contribution in [0, 0.1) is 4.77 Å². The van der Waals surface area contributed by atoms with E-state index in [0.717, 1.165) is 37.0 Å². The fourth-order valence-electron chi connectivity index (χ4n) is 1.89. The number of nitrogens with one attached hydrogen (secondary N) is 2. The topological polar surface area (TPSA) is 49.8 Å². The summed E-state index contributed by atoms with van der Waals surface area (Å²) in [5, 5.41) is 3.00. The van der Waals surface area contributed by atoms with Gasteiger partial charge < -0.3 is 14.9 Å². The number of H-pyrrole nitrogens is 1. The molecule has 5 heteroatoms. The fraction of sp³-hybridized carbons (Fsp3) is 0.667. The average molecular weight is 253 g/mol. The Kier molecular flexibility index (Phi) is 3.99. The van der Waals surface area contributed by atoms with E-state index < -0.39 is 0 Å². The molecule has 0 aromatic carbocycles. The summed E-state index contributed by atoms with van der Waals surface area (Å²) < 4.78 is 2.84. The lowest BCUT2D eigenvalue weighted by Gasteiger charge is -2.07. The third-order valence-corrected chi connectivity index (χ3v) is 3.38. The summed E-state index contributed by atoms with van der Waals surface area (Å²) in [6.07, 6.45) is 6.64. The van der Waals surface area contributed by atoms with Crippen LogP contribution in [0.25, 0.3) is 0 Å². The van der Waals surface area contributed by atoms with E-state index in [1.807, 2.05) is 6.20 Å². The fourth-order valence-corrected chi connectivity index (χ4v) is 2.16. The molecule has 0 saturated heterocycles.